The Labute approximate surface area is 186 Å². The Bertz CT molecular complexity index is 952. The maximum atomic E-state index is 12.3. The van der Waals surface area contributed by atoms with Gasteiger partial charge in [-0.2, -0.15) is 0 Å². The zero-order chi connectivity index (χ0) is 21.6. The molecule has 2 aromatic rings. The van der Waals surface area contributed by atoms with E-state index < -0.39 is 24.4 Å². The third-order valence-electron chi connectivity index (χ3n) is 3.35. The molecule has 2 aromatic carbocycles. The van der Waals surface area contributed by atoms with E-state index >= 15 is 0 Å². The minimum absolute atomic E-state index is 0.00575. The van der Waals surface area contributed by atoms with Gasteiger partial charge in [0.25, 0.3) is 5.91 Å². The summed E-state index contributed by atoms with van der Waals surface area (Å²) in [6, 6.07) is 10.1. The highest BCUT2D eigenvalue weighted by molar-refractivity contribution is 6.50. The molecule has 2 rings (SSSR count). The predicted octanol–water partition coefficient (Wildman–Crippen LogP) is 4.96. The molecule has 0 aliphatic rings. The summed E-state index contributed by atoms with van der Waals surface area (Å²) in [6.45, 7) is 0.576. The van der Waals surface area contributed by atoms with Gasteiger partial charge in [-0.25, -0.2) is 4.79 Å². The van der Waals surface area contributed by atoms with Gasteiger partial charge in [-0.1, -0.05) is 76.7 Å². The Kier molecular flexibility index (Phi) is 8.34. The van der Waals surface area contributed by atoms with Crippen molar-refractivity contribution in [3.63, 3.8) is 0 Å². The van der Waals surface area contributed by atoms with Crippen LogP contribution in [-0.4, -0.2) is 24.4 Å². The topological polar surface area (TPSA) is 84.5 Å². The Morgan fingerprint density at radius 2 is 1.59 bits per heavy atom. The van der Waals surface area contributed by atoms with E-state index in [4.69, 9.17) is 51.1 Å². The van der Waals surface area contributed by atoms with E-state index in [-0.39, 0.29) is 31.5 Å². The molecular formula is C19H14Cl4N2O4. The first-order valence-electron chi connectivity index (χ1n) is 8.03. The summed E-state index contributed by atoms with van der Waals surface area (Å²) >= 11 is 23.9. The van der Waals surface area contributed by atoms with Crippen LogP contribution < -0.4 is 10.6 Å². The summed E-state index contributed by atoms with van der Waals surface area (Å²) < 4.78 is 4.97. The van der Waals surface area contributed by atoms with Crippen LogP contribution in [0.3, 0.4) is 0 Å². The highest BCUT2D eigenvalue weighted by Crippen LogP contribution is 2.40. The second kappa shape index (κ2) is 10.5. The highest BCUT2D eigenvalue weighted by atomic mass is 35.5. The first kappa shape index (κ1) is 23.0. The van der Waals surface area contributed by atoms with Crippen molar-refractivity contribution in [2.24, 2.45) is 0 Å². The first-order valence-corrected chi connectivity index (χ1v) is 9.54. The lowest BCUT2D eigenvalue weighted by Gasteiger charge is -2.13. The van der Waals surface area contributed by atoms with Crippen LogP contribution in [0.15, 0.2) is 42.1 Å². The molecule has 0 saturated carbocycles. The van der Waals surface area contributed by atoms with E-state index in [1.807, 2.05) is 0 Å². The molecule has 29 heavy (non-hydrogen) atoms. The molecule has 0 aliphatic carbocycles. The number of rotatable bonds is 6. The largest absolute Gasteiger partial charge is 0.451 e. The molecule has 0 fully saturated rings. The van der Waals surface area contributed by atoms with Crippen LogP contribution in [0.4, 0.5) is 5.69 Å². The summed E-state index contributed by atoms with van der Waals surface area (Å²) in [5.41, 5.74) is 0.525. The van der Waals surface area contributed by atoms with Crippen molar-refractivity contribution in [2.45, 2.75) is 6.92 Å². The Morgan fingerprint density at radius 1 is 1.00 bits per heavy atom. The lowest BCUT2D eigenvalue weighted by Crippen LogP contribution is -2.29. The number of hydrogen-bond donors (Lipinski definition) is 2. The second-order valence-electron chi connectivity index (χ2n) is 5.62. The number of carbonyl (C=O) groups is 3. The van der Waals surface area contributed by atoms with Gasteiger partial charge in [0, 0.05) is 6.92 Å². The third-order valence-corrected chi connectivity index (χ3v) is 4.93. The Morgan fingerprint density at radius 3 is 2.14 bits per heavy atom. The molecule has 0 bridgehead atoms. The van der Waals surface area contributed by atoms with Gasteiger partial charge in [-0.05, 0) is 17.7 Å². The molecular weight excluding hydrogens is 462 g/mol. The number of hydrogen-bond acceptors (Lipinski definition) is 4. The number of benzene rings is 2. The smallest absolute Gasteiger partial charge is 0.355 e. The van der Waals surface area contributed by atoms with Crippen molar-refractivity contribution in [3.8, 4) is 0 Å². The van der Waals surface area contributed by atoms with Gasteiger partial charge in [0.15, 0.2) is 6.61 Å². The molecule has 0 saturated heterocycles. The molecule has 0 aliphatic heterocycles. The van der Waals surface area contributed by atoms with Gasteiger partial charge >= 0.3 is 5.97 Å². The number of anilines is 1. The van der Waals surface area contributed by atoms with Crippen LogP contribution in [0.2, 0.25) is 20.1 Å². The van der Waals surface area contributed by atoms with Crippen LogP contribution >= 0.6 is 46.4 Å². The lowest BCUT2D eigenvalue weighted by atomic mass is 10.2. The molecule has 2 N–H and O–H groups in total. The van der Waals surface area contributed by atoms with Gasteiger partial charge in [-0.3, -0.25) is 9.59 Å². The average Bonchev–Trinajstić information content (AvgIpc) is 2.68. The van der Waals surface area contributed by atoms with Crippen LogP contribution in [0, 0.1) is 0 Å². The Balaban J connectivity index is 2.09. The van der Waals surface area contributed by atoms with Crippen molar-refractivity contribution < 1.29 is 19.1 Å². The average molecular weight is 476 g/mol. The monoisotopic (exact) mass is 474 g/mol. The van der Waals surface area contributed by atoms with Gasteiger partial charge < -0.3 is 15.4 Å². The normalized spacial score (nSPS) is 11.0. The zero-order valence-corrected chi connectivity index (χ0v) is 17.9. The lowest BCUT2D eigenvalue weighted by molar-refractivity contribution is -0.144. The fourth-order valence-electron chi connectivity index (χ4n) is 2.12. The quantitative estimate of drug-likeness (QED) is 0.351. The third kappa shape index (κ3) is 6.65. The van der Waals surface area contributed by atoms with Crippen LogP contribution in [0.1, 0.15) is 12.5 Å². The van der Waals surface area contributed by atoms with E-state index in [1.54, 1.807) is 30.3 Å². The molecule has 152 valence electrons. The summed E-state index contributed by atoms with van der Waals surface area (Å²) in [5, 5.41) is 4.92. The number of carbonyl (C=O) groups excluding carboxylic acids is 3. The van der Waals surface area contributed by atoms with Crippen LogP contribution in [0.5, 0.6) is 0 Å². The first-order chi connectivity index (χ1) is 13.7. The second-order valence-corrected chi connectivity index (χ2v) is 7.19. The van der Waals surface area contributed by atoms with E-state index in [0.29, 0.717) is 5.56 Å². The van der Waals surface area contributed by atoms with Crippen molar-refractivity contribution in [1.29, 1.82) is 0 Å². The van der Waals surface area contributed by atoms with E-state index in [2.05, 4.69) is 10.6 Å². The standard InChI is InChI=1S/C19H14Cl4N2O4/c1-10(26)24-14(7-11-5-3-2-4-6-11)19(28)29-9-15(27)25-18-16(22)12(20)8-13(21)17(18)23/h2-8H,9H2,1H3,(H,24,26)(H,25,27)/b14-7+. The molecule has 0 radical (unpaired) electrons. The SMILES string of the molecule is CC(=O)N/C(=C/c1ccccc1)C(=O)OCC(=O)Nc1c(Cl)c(Cl)cc(Cl)c1Cl. The van der Waals surface area contributed by atoms with Gasteiger partial charge in [0.05, 0.1) is 25.8 Å². The molecule has 2 amide bonds. The molecule has 0 atom stereocenters. The van der Waals surface area contributed by atoms with Crippen molar-refractivity contribution in [2.75, 3.05) is 11.9 Å². The van der Waals surface area contributed by atoms with Crippen molar-refractivity contribution in [1.82, 2.24) is 5.32 Å². The summed E-state index contributed by atoms with van der Waals surface area (Å²) in [6.07, 6.45) is 1.42. The fraction of sp³-hybridized carbons (Fsp3) is 0.105. The maximum absolute atomic E-state index is 12.3. The molecule has 10 heteroatoms. The Hall–Kier alpha value is -2.25. The minimum atomic E-state index is -0.902. The van der Waals surface area contributed by atoms with E-state index in [0.717, 1.165) is 0 Å². The van der Waals surface area contributed by atoms with Crippen LogP contribution in [0.25, 0.3) is 6.08 Å². The van der Waals surface area contributed by atoms with Gasteiger partial charge in [-0.15, -0.1) is 0 Å². The molecule has 0 heterocycles. The number of ether oxygens (including phenoxy) is 1. The van der Waals surface area contributed by atoms with Crippen molar-refractivity contribution in [3.05, 3.63) is 67.7 Å². The van der Waals surface area contributed by atoms with Gasteiger partial charge in [0.2, 0.25) is 5.91 Å². The molecule has 6 nitrogen and oxygen atoms in total. The molecule has 0 aromatic heterocycles. The van der Waals surface area contributed by atoms with E-state index in [1.165, 1.54) is 19.1 Å². The van der Waals surface area contributed by atoms with Crippen LogP contribution in [-0.2, 0) is 19.1 Å². The molecule has 0 unspecified atom stereocenters. The minimum Gasteiger partial charge on any atom is -0.451 e. The number of amides is 2. The molecule has 0 spiro atoms. The fourth-order valence-corrected chi connectivity index (χ4v) is 3.02. The number of esters is 1. The number of halogens is 4. The highest BCUT2D eigenvalue weighted by Gasteiger charge is 2.19. The van der Waals surface area contributed by atoms with E-state index in [9.17, 15) is 14.4 Å². The summed E-state index contributed by atoms with van der Waals surface area (Å²) in [5.74, 6) is -2.11. The van der Waals surface area contributed by atoms with Crippen molar-refractivity contribution >= 4 is 76.0 Å². The van der Waals surface area contributed by atoms with Gasteiger partial charge in [0.1, 0.15) is 5.70 Å². The summed E-state index contributed by atoms with van der Waals surface area (Å²) in [7, 11) is 0. The summed E-state index contributed by atoms with van der Waals surface area (Å²) in [4.78, 5) is 35.8. The maximum Gasteiger partial charge on any atom is 0.355 e. The predicted molar refractivity (Wildman–Crippen MR) is 114 cm³/mol. The zero-order valence-electron chi connectivity index (χ0n) is 14.9. The number of nitrogens with one attached hydrogen (secondary N) is 2.